The Kier molecular flexibility index (Phi) is 4.65. The number of carboxylic acids is 1. The number of carboxylic acid groups (broad SMARTS) is 1. The summed E-state index contributed by atoms with van der Waals surface area (Å²) < 4.78 is 5.00. The van der Waals surface area contributed by atoms with E-state index in [0.29, 0.717) is 12.1 Å². The molecule has 0 spiro atoms. The average molecular weight is 252 g/mol. The van der Waals surface area contributed by atoms with Crippen LogP contribution in [0.5, 0.6) is 5.88 Å². The first-order valence-corrected chi connectivity index (χ1v) is 5.54. The fourth-order valence-electron chi connectivity index (χ4n) is 1.44. The zero-order valence-corrected chi connectivity index (χ0v) is 10.6. The molecule has 1 aromatic heterocycles. The number of carbonyl (C=O) groups is 2. The second kappa shape index (κ2) is 6.00. The van der Waals surface area contributed by atoms with E-state index in [-0.39, 0.29) is 11.4 Å². The molecule has 6 heteroatoms. The van der Waals surface area contributed by atoms with Gasteiger partial charge in [-0.2, -0.15) is 0 Å². The topological polar surface area (TPSA) is 88.5 Å². The summed E-state index contributed by atoms with van der Waals surface area (Å²) in [6, 6.07) is 2.31. The zero-order valence-electron chi connectivity index (χ0n) is 10.6. The maximum Gasteiger partial charge on any atom is 0.326 e. The normalized spacial score (nSPS) is 11.7. The van der Waals surface area contributed by atoms with Gasteiger partial charge in [-0.05, 0) is 25.5 Å². The van der Waals surface area contributed by atoms with Crippen molar-refractivity contribution in [3.63, 3.8) is 0 Å². The van der Waals surface area contributed by atoms with E-state index in [1.807, 2.05) is 0 Å². The highest BCUT2D eigenvalue weighted by molar-refractivity contribution is 5.98. The molecule has 1 amide bonds. The summed E-state index contributed by atoms with van der Waals surface area (Å²) in [7, 11) is 1.41. The van der Waals surface area contributed by atoms with Crippen LogP contribution in [0, 0.1) is 6.92 Å². The van der Waals surface area contributed by atoms with Crippen molar-refractivity contribution in [2.75, 3.05) is 7.11 Å². The molecule has 0 fully saturated rings. The van der Waals surface area contributed by atoms with Gasteiger partial charge in [0.15, 0.2) is 0 Å². The van der Waals surface area contributed by atoms with Crippen molar-refractivity contribution in [3.05, 3.63) is 23.4 Å². The van der Waals surface area contributed by atoms with Crippen LogP contribution >= 0.6 is 0 Å². The summed E-state index contributed by atoms with van der Waals surface area (Å²) in [6.45, 7) is 3.46. The van der Waals surface area contributed by atoms with Crippen LogP contribution in [-0.2, 0) is 4.79 Å². The van der Waals surface area contributed by atoms with Gasteiger partial charge in [0.1, 0.15) is 11.6 Å². The Morgan fingerprint density at radius 3 is 2.67 bits per heavy atom. The number of aliphatic carboxylic acids is 1. The van der Waals surface area contributed by atoms with E-state index in [1.54, 1.807) is 26.0 Å². The van der Waals surface area contributed by atoms with E-state index in [9.17, 15) is 9.59 Å². The summed E-state index contributed by atoms with van der Waals surface area (Å²) in [5, 5.41) is 11.3. The molecule has 0 saturated heterocycles. The van der Waals surface area contributed by atoms with Gasteiger partial charge in [0, 0.05) is 5.69 Å². The van der Waals surface area contributed by atoms with Crippen LogP contribution in [-0.4, -0.2) is 35.1 Å². The van der Waals surface area contributed by atoms with Crippen LogP contribution in [0.2, 0.25) is 0 Å². The molecular weight excluding hydrogens is 236 g/mol. The maximum atomic E-state index is 11.9. The zero-order chi connectivity index (χ0) is 13.7. The van der Waals surface area contributed by atoms with Crippen molar-refractivity contribution in [1.82, 2.24) is 10.3 Å². The van der Waals surface area contributed by atoms with Crippen molar-refractivity contribution in [3.8, 4) is 5.88 Å². The SMILES string of the molecule is CCC(NC(=O)c1ccc(C)nc1OC)C(=O)O. The summed E-state index contributed by atoms with van der Waals surface area (Å²) >= 11 is 0. The Balaban J connectivity index is 2.93. The molecule has 0 aromatic carbocycles. The van der Waals surface area contributed by atoms with Gasteiger partial charge >= 0.3 is 5.97 Å². The third-order valence-electron chi connectivity index (χ3n) is 2.45. The fourth-order valence-corrected chi connectivity index (χ4v) is 1.44. The molecule has 1 atom stereocenters. The minimum Gasteiger partial charge on any atom is -0.480 e. The van der Waals surface area contributed by atoms with Crippen LogP contribution < -0.4 is 10.1 Å². The summed E-state index contributed by atoms with van der Waals surface area (Å²) in [5.41, 5.74) is 0.941. The first kappa shape index (κ1) is 14.0. The van der Waals surface area contributed by atoms with E-state index in [1.165, 1.54) is 7.11 Å². The molecule has 0 radical (unpaired) electrons. The monoisotopic (exact) mass is 252 g/mol. The van der Waals surface area contributed by atoms with E-state index in [0.717, 1.165) is 0 Å². The van der Waals surface area contributed by atoms with Gasteiger partial charge in [0.05, 0.1) is 7.11 Å². The highest BCUT2D eigenvalue weighted by Gasteiger charge is 2.21. The minimum atomic E-state index is -1.06. The molecule has 0 aliphatic carbocycles. The van der Waals surface area contributed by atoms with Gasteiger partial charge in [-0.3, -0.25) is 4.79 Å². The second-order valence-corrected chi connectivity index (χ2v) is 3.78. The Hall–Kier alpha value is -2.11. The van der Waals surface area contributed by atoms with Crippen LogP contribution in [0.1, 0.15) is 29.4 Å². The number of ether oxygens (including phenoxy) is 1. The first-order chi connectivity index (χ1) is 8.49. The average Bonchev–Trinajstić information content (AvgIpc) is 2.34. The van der Waals surface area contributed by atoms with E-state index in [4.69, 9.17) is 9.84 Å². The third kappa shape index (κ3) is 3.19. The first-order valence-electron chi connectivity index (χ1n) is 5.54. The molecule has 0 aliphatic heterocycles. The molecule has 0 aliphatic rings. The lowest BCUT2D eigenvalue weighted by Crippen LogP contribution is -2.40. The highest BCUT2D eigenvalue weighted by Crippen LogP contribution is 2.15. The molecule has 6 nitrogen and oxygen atoms in total. The number of rotatable bonds is 5. The number of nitrogens with one attached hydrogen (secondary N) is 1. The summed E-state index contributed by atoms with van der Waals surface area (Å²) in [6.07, 6.45) is 0.308. The second-order valence-electron chi connectivity index (χ2n) is 3.78. The smallest absolute Gasteiger partial charge is 0.326 e. The van der Waals surface area contributed by atoms with Crippen LogP contribution in [0.25, 0.3) is 0 Å². The van der Waals surface area contributed by atoms with Crippen molar-refractivity contribution < 1.29 is 19.4 Å². The van der Waals surface area contributed by atoms with Crippen LogP contribution in [0.4, 0.5) is 0 Å². The van der Waals surface area contributed by atoms with Gasteiger partial charge in [0.25, 0.3) is 5.91 Å². The number of aromatic nitrogens is 1. The Morgan fingerprint density at radius 2 is 2.17 bits per heavy atom. The molecule has 2 N–H and O–H groups in total. The number of carbonyl (C=O) groups excluding carboxylic acids is 1. The number of methoxy groups -OCH3 is 1. The lowest BCUT2D eigenvalue weighted by atomic mass is 10.2. The van der Waals surface area contributed by atoms with Gasteiger partial charge in [0.2, 0.25) is 5.88 Å². The van der Waals surface area contributed by atoms with Gasteiger partial charge in [-0.15, -0.1) is 0 Å². The molecule has 1 heterocycles. The molecule has 1 aromatic rings. The number of aryl methyl sites for hydroxylation is 1. The predicted octanol–water partition coefficient (Wildman–Crippen LogP) is 0.992. The molecule has 1 rings (SSSR count). The lowest BCUT2D eigenvalue weighted by molar-refractivity contribution is -0.139. The molecule has 0 saturated carbocycles. The Labute approximate surface area is 105 Å². The molecule has 0 bridgehead atoms. The van der Waals surface area contributed by atoms with Crippen molar-refractivity contribution >= 4 is 11.9 Å². The minimum absolute atomic E-state index is 0.188. The molecular formula is C12H16N2O4. The number of hydrogen-bond acceptors (Lipinski definition) is 4. The lowest BCUT2D eigenvalue weighted by Gasteiger charge is -2.13. The van der Waals surface area contributed by atoms with Crippen molar-refractivity contribution in [2.45, 2.75) is 26.3 Å². The predicted molar refractivity (Wildman–Crippen MR) is 64.7 cm³/mol. The molecule has 1 unspecified atom stereocenters. The number of hydrogen-bond donors (Lipinski definition) is 2. The van der Waals surface area contributed by atoms with Gasteiger partial charge in [-0.1, -0.05) is 6.92 Å². The number of pyridine rings is 1. The fraction of sp³-hybridized carbons (Fsp3) is 0.417. The summed E-state index contributed by atoms with van der Waals surface area (Å²) in [4.78, 5) is 26.8. The molecule has 98 valence electrons. The summed E-state index contributed by atoms with van der Waals surface area (Å²) in [5.74, 6) is -1.38. The third-order valence-corrected chi connectivity index (χ3v) is 2.45. The number of nitrogens with zero attached hydrogens (tertiary/aromatic N) is 1. The largest absolute Gasteiger partial charge is 0.480 e. The van der Waals surface area contributed by atoms with Crippen molar-refractivity contribution in [1.29, 1.82) is 0 Å². The van der Waals surface area contributed by atoms with E-state index >= 15 is 0 Å². The Bertz CT molecular complexity index is 459. The number of amides is 1. The van der Waals surface area contributed by atoms with Gasteiger partial charge in [-0.25, -0.2) is 9.78 Å². The van der Waals surface area contributed by atoms with Crippen molar-refractivity contribution in [2.24, 2.45) is 0 Å². The van der Waals surface area contributed by atoms with E-state index in [2.05, 4.69) is 10.3 Å². The molecule has 18 heavy (non-hydrogen) atoms. The van der Waals surface area contributed by atoms with Crippen LogP contribution in [0.3, 0.4) is 0 Å². The van der Waals surface area contributed by atoms with Crippen LogP contribution in [0.15, 0.2) is 12.1 Å². The standard InChI is InChI=1S/C12H16N2O4/c1-4-9(12(16)17)14-10(15)8-6-5-7(2)13-11(8)18-3/h5-6,9H,4H2,1-3H3,(H,14,15)(H,16,17). The quantitative estimate of drug-likeness (QED) is 0.815. The maximum absolute atomic E-state index is 11.9. The van der Waals surface area contributed by atoms with E-state index < -0.39 is 17.9 Å². The highest BCUT2D eigenvalue weighted by atomic mass is 16.5. The Morgan fingerprint density at radius 1 is 1.50 bits per heavy atom. The van der Waals surface area contributed by atoms with Gasteiger partial charge < -0.3 is 15.2 Å².